The van der Waals surface area contributed by atoms with Crippen LogP contribution in [-0.2, 0) is 3.07 Å². The second-order valence-corrected chi connectivity index (χ2v) is 2.71. The molecule has 58 valence electrons. The van der Waals surface area contributed by atoms with Crippen molar-refractivity contribution in [3.05, 3.63) is 0 Å². The summed E-state index contributed by atoms with van der Waals surface area (Å²) >= 11 is 1.59. The number of amides is 1. The van der Waals surface area contributed by atoms with Crippen molar-refractivity contribution in [2.75, 3.05) is 20.1 Å². The van der Waals surface area contributed by atoms with Gasteiger partial charge in [0.15, 0.2) is 23.0 Å². The summed E-state index contributed by atoms with van der Waals surface area (Å²) in [7, 11) is 1.74. The van der Waals surface area contributed by atoms with Gasteiger partial charge in [0.25, 0.3) is 0 Å². The van der Waals surface area contributed by atoms with Gasteiger partial charge in [-0.15, -0.1) is 0 Å². The van der Waals surface area contributed by atoms with E-state index in [0.717, 1.165) is 13.1 Å². The monoisotopic (exact) mass is 256 g/mol. The van der Waals surface area contributed by atoms with Gasteiger partial charge in [0.1, 0.15) is 0 Å². The molecule has 5 heteroatoms. The average molecular weight is 256 g/mol. The first kappa shape index (κ1) is 8.06. The van der Waals surface area contributed by atoms with Crippen LogP contribution in [0.1, 0.15) is 0 Å². The van der Waals surface area contributed by atoms with Gasteiger partial charge in [-0.3, -0.25) is 0 Å². The van der Waals surface area contributed by atoms with Crippen molar-refractivity contribution in [3.63, 3.8) is 0 Å². The normalized spacial score (nSPS) is 17.8. The molecule has 0 radical (unpaired) electrons. The maximum atomic E-state index is 10.8. The van der Waals surface area contributed by atoms with Crippen LogP contribution in [0.25, 0.3) is 0 Å². The fraction of sp³-hybridized carbons (Fsp3) is 0.800. The molecule has 1 fully saturated rings. The Labute approximate surface area is 73.6 Å². The molecule has 0 atom stereocenters. The zero-order valence-electron chi connectivity index (χ0n) is 5.63. The highest BCUT2D eigenvalue weighted by molar-refractivity contribution is 14.1. The van der Waals surface area contributed by atoms with E-state index in [-0.39, 0.29) is 6.09 Å². The molecule has 0 spiro atoms. The minimum Gasteiger partial charge on any atom is -0.378 e. The molecule has 1 aliphatic heterocycles. The fourth-order valence-electron chi connectivity index (χ4n) is 0.751. The predicted octanol–water partition coefficient (Wildman–Crippen LogP) is 0.377. The molecular formula is C5H9IN2O2. The van der Waals surface area contributed by atoms with Gasteiger partial charge in [0.05, 0.1) is 6.04 Å². The van der Waals surface area contributed by atoms with Gasteiger partial charge in [-0.1, -0.05) is 0 Å². The quantitative estimate of drug-likeness (QED) is 0.689. The Bertz CT molecular complexity index is 138. The third-order valence-corrected chi connectivity index (χ3v) is 2.04. The van der Waals surface area contributed by atoms with Crippen LogP contribution >= 0.6 is 23.0 Å². The molecule has 1 rings (SSSR count). The highest BCUT2D eigenvalue weighted by atomic mass is 127. The van der Waals surface area contributed by atoms with Crippen LogP contribution in [0.4, 0.5) is 4.79 Å². The first-order chi connectivity index (χ1) is 4.75. The fourth-order valence-corrected chi connectivity index (χ4v) is 1.06. The lowest BCUT2D eigenvalue weighted by molar-refractivity contribution is 0.141. The molecular weight excluding hydrogens is 247 g/mol. The van der Waals surface area contributed by atoms with Gasteiger partial charge in [-0.05, 0) is 0 Å². The molecule has 0 aromatic heterocycles. The molecule has 1 N–H and O–H groups in total. The lowest BCUT2D eigenvalue weighted by Gasteiger charge is -2.34. The molecule has 1 amide bonds. The minimum absolute atomic E-state index is 0.271. The molecule has 10 heavy (non-hydrogen) atoms. The van der Waals surface area contributed by atoms with Crippen LogP contribution in [-0.4, -0.2) is 37.2 Å². The molecule has 4 nitrogen and oxygen atoms in total. The van der Waals surface area contributed by atoms with Crippen molar-refractivity contribution >= 4 is 29.1 Å². The van der Waals surface area contributed by atoms with Crippen LogP contribution in [0.2, 0.25) is 0 Å². The summed E-state index contributed by atoms with van der Waals surface area (Å²) in [6.07, 6.45) is -0.271. The van der Waals surface area contributed by atoms with E-state index in [0.29, 0.717) is 6.04 Å². The Morgan fingerprint density at radius 3 is 2.70 bits per heavy atom. The summed E-state index contributed by atoms with van der Waals surface area (Å²) < 4.78 is 4.50. The van der Waals surface area contributed by atoms with Crippen molar-refractivity contribution in [2.24, 2.45) is 0 Å². The van der Waals surface area contributed by atoms with Crippen LogP contribution in [0.15, 0.2) is 0 Å². The lowest BCUT2D eigenvalue weighted by Crippen LogP contribution is -2.57. The molecule has 0 unspecified atom stereocenters. The number of hydrogen-bond donors (Lipinski definition) is 1. The second-order valence-electron chi connectivity index (χ2n) is 2.27. The van der Waals surface area contributed by atoms with Crippen molar-refractivity contribution in [2.45, 2.75) is 6.04 Å². The lowest BCUT2D eigenvalue weighted by atomic mass is 10.2. The number of rotatable bonds is 1. The summed E-state index contributed by atoms with van der Waals surface area (Å²) in [5, 5.41) is 3.07. The molecule has 0 aromatic carbocycles. The van der Waals surface area contributed by atoms with Crippen LogP contribution in [0, 0.1) is 0 Å². The van der Waals surface area contributed by atoms with E-state index >= 15 is 0 Å². The molecule has 1 heterocycles. The van der Waals surface area contributed by atoms with Crippen molar-refractivity contribution in [1.29, 1.82) is 0 Å². The molecule has 0 bridgehead atoms. The van der Waals surface area contributed by atoms with Crippen LogP contribution in [0.3, 0.4) is 0 Å². The van der Waals surface area contributed by atoms with Gasteiger partial charge in [-0.25, -0.2) is 4.79 Å². The summed E-state index contributed by atoms with van der Waals surface area (Å²) in [6, 6.07) is 0.322. The van der Waals surface area contributed by atoms with E-state index in [4.69, 9.17) is 0 Å². The number of carbonyl (C=O) groups is 1. The zero-order valence-corrected chi connectivity index (χ0v) is 7.79. The van der Waals surface area contributed by atoms with E-state index in [2.05, 4.69) is 8.38 Å². The summed E-state index contributed by atoms with van der Waals surface area (Å²) in [4.78, 5) is 12.4. The Hall–Kier alpha value is -0.0400. The van der Waals surface area contributed by atoms with Gasteiger partial charge in [0, 0.05) is 20.1 Å². The predicted molar refractivity (Wildman–Crippen MR) is 44.9 cm³/mol. The third kappa shape index (κ3) is 1.51. The first-order valence-electron chi connectivity index (χ1n) is 3.02. The number of halogens is 1. The molecule has 0 aliphatic carbocycles. The van der Waals surface area contributed by atoms with E-state index in [1.54, 1.807) is 35.0 Å². The second kappa shape index (κ2) is 3.38. The van der Waals surface area contributed by atoms with E-state index in [9.17, 15) is 4.79 Å². The summed E-state index contributed by atoms with van der Waals surface area (Å²) in [5.74, 6) is 0. The Morgan fingerprint density at radius 2 is 2.40 bits per heavy atom. The van der Waals surface area contributed by atoms with Gasteiger partial charge in [0.2, 0.25) is 0 Å². The number of nitrogens with zero attached hydrogens (tertiary/aromatic N) is 1. The smallest absolute Gasteiger partial charge is 0.378 e. The van der Waals surface area contributed by atoms with Crippen molar-refractivity contribution < 1.29 is 7.86 Å². The van der Waals surface area contributed by atoms with Gasteiger partial charge >= 0.3 is 6.09 Å². The van der Waals surface area contributed by atoms with Gasteiger partial charge in [-0.2, -0.15) is 0 Å². The number of likely N-dealkylation sites (N-methyl/N-ethyl adjacent to an activating group) is 1. The van der Waals surface area contributed by atoms with Crippen LogP contribution < -0.4 is 5.32 Å². The maximum Gasteiger partial charge on any atom is 0.419 e. The minimum atomic E-state index is -0.271. The third-order valence-electron chi connectivity index (χ3n) is 1.66. The Kier molecular flexibility index (Phi) is 2.72. The Balaban J connectivity index is 2.31. The SMILES string of the molecule is CN(C(=O)OI)C1CNC1. The number of carbonyl (C=O) groups excluding carboxylic acids is 1. The van der Waals surface area contributed by atoms with Crippen molar-refractivity contribution in [1.82, 2.24) is 10.2 Å². The largest absolute Gasteiger partial charge is 0.419 e. The molecule has 0 aromatic rings. The Morgan fingerprint density at radius 1 is 1.80 bits per heavy atom. The summed E-state index contributed by atoms with van der Waals surface area (Å²) in [6.45, 7) is 1.75. The highest BCUT2D eigenvalue weighted by Gasteiger charge is 2.25. The maximum absolute atomic E-state index is 10.8. The van der Waals surface area contributed by atoms with Gasteiger partial charge < -0.3 is 13.3 Å². The number of nitrogens with one attached hydrogen (secondary N) is 1. The van der Waals surface area contributed by atoms with Crippen molar-refractivity contribution in [3.8, 4) is 0 Å². The van der Waals surface area contributed by atoms with E-state index in [1.807, 2.05) is 0 Å². The average Bonchev–Trinajstić information content (AvgIpc) is 1.82. The van der Waals surface area contributed by atoms with E-state index < -0.39 is 0 Å². The number of hydrogen-bond acceptors (Lipinski definition) is 3. The first-order valence-corrected chi connectivity index (χ1v) is 3.90. The van der Waals surface area contributed by atoms with Crippen LogP contribution in [0.5, 0.6) is 0 Å². The summed E-state index contributed by atoms with van der Waals surface area (Å²) in [5.41, 5.74) is 0. The standard InChI is InChI=1S/C5H9IN2O2/c1-8(5(9)10-6)4-2-7-3-4/h4,7H,2-3H2,1H3. The topological polar surface area (TPSA) is 41.6 Å². The molecule has 1 saturated heterocycles. The van der Waals surface area contributed by atoms with E-state index in [1.165, 1.54) is 0 Å². The molecule has 1 aliphatic rings. The highest BCUT2D eigenvalue weighted by Crippen LogP contribution is 2.05. The molecule has 0 saturated carbocycles. The zero-order chi connectivity index (χ0) is 7.56.